The molecule has 2 aromatic rings. The number of aryl methyl sites for hydroxylation is 1. The first-order chi connectivity index (χ1) is 10.7. The van der Waals surface area contributed by atoms with Gasteiger partial charge in [0, 0.05) is 14.8 Å². The fourth-order valence-corrected chi connectivity index (χ4v) is 3.34. The van der Waals surface area contributed by atoms with Crippen molar-refractivity contribution in [2.45, 2.75) is 25.7 Å². The first-order valence-electron chi connectivity index (χ1n) is 7.05. The van der Waals surface area contributed by atoms with E-state index in [0.29, 0.717) is 11.5 Å². The number of H-pyrrole nitrogens is 1. The topological polar surface area (TPSA) is 87.7 Å². The van der Waals surface area contributed by atoms with E-state index in [1.165, 1.54) is 0 Å². The number of aromatic amines is 1. The summed E-state index contributed by atoms with van der Waals surface area (Å²) in [5.41, 5.74) is 9.32. The number of aromatic nitrogens is 2. The quantitative estimate of drug-likeness (QED) is 0.767. The van der Waals surface area contributed by atoms with Crippen molar-refractivity contribution in [3.63, 3.8) is 0 Å². The second kappa shape index (κ2) is 6.01. The lowest BCUT2D eigenvalue weighted by Crippen LogP contribution is -2.21. The summed E-state index contributed by atoms with van der Waals surface area (Å²) in [4.78, 5) is 0. The lowest BCUT2D eigenvalue weighted by Gasteiger charge is -2.24. The lowest BCUT2D eigenvalue weighted by molar-refractivity contribution is 0.378. The van der Waals surface area contributed by atoms with E-state index in [4.69, 9.17) is 10.5 Å². The standard InChI is InChI=1S/C16H15IN4O/c1-2-4-12-14-13(9-5-3-6-10(17)7-9)11(8-18)15(19)22-16(14)21-20-12/h3,5-7,13H,2,4,19H2,1H3,(H,20,21)/t13-/m1/s1. The van der Waals surface area contributed by atoms with E-state index in [1.54, 1.807) is 0 Å². The number of fused-ring (bicyclic) bond motifs is 1. The zero-order valence-electron chi connectivity index (χ0n) is 12.1. The third-order valence-electron chi connectivity index (χ3n) is 3.70. The minimum Gasteiger partial charge on any atom is -0.420 e. The number of allylic oxidation sites excluding steroid dienone is 1. The molecule has 5 nitrogen and oxygen atoms in total. The number of nitriles is 1. The van der Waals surface area contributed by atoms with Crippen LogP contribution in [0.1, 0.15) is 36.1 Å². The molecule has 0 aliphatic carbocycles. The Morgan fingerprint density at radius 2 is 2.32 bits per heavy atom. The highest BCUT2D eigenvalue weighted by molar-refractivity contribution is 14.1. The molecule has 0 spiro atoms. The zero-order chi connectivity index (χ0) is 15.7. The number of halogens is 1. The van der Waals surface area contributed by atoms with E-state index < -0.39 is 0 Å². The first-order valence-corrected chi connectivity index (χ1v) is 8.13. The Morgan fingerprint density at radius 1 is 1.50 bits per heavy atom. The summed E-state index contributed by atoms with van der Waals surface area (Å²) in [5.74, 6) is 0.376. The summed E-state index contributed by atoms with van der Waals surface area (Å²) in [6.45, 7) is 2.10. The molecular weight excluding hydrogens is 391 g/mol. The van der Waals surface area contributed by atoms with Crippen molar-refractivity contribution in [3.05, 3.63) is 56.1 Å². The first kappa shape index (κ1) is 14.9. The smallest absolute Gasteiger partial charge is 0.244 e. The van der Waals surface area contributed by atoms with Crippen LogP contribution in [0.5, 0.6) is 5.88 Å². The molecule has 0 amide bonds. The lowest BCUT2D eigenvalue weighted by atomic mass is 9.83. The van der Waals surface area contributed by atoms with Crippen LogP contribution in [-0.2, 0) is 6.42 Å². The molecule has 112 valence electrons. The van der Waals surface area contributed by atoms with E-state index in [1.807, 2.05) is 18.2 Å². The van der Waals surface area contributed by atoms with E-state index in [0.717, 1.165) is 33.2 Å². The number of benzene rings is 1. The number of nitrogens with two attached hydrogens (primary N) is 1. The minimum atomic E-state index is -0.233. The summed E-state index contributed by atoms with van der Waals surface area (Å²) >= 11 is 2.26. The maximum Gasteiger partial charge on any atom is 0.244 e. The maximum atomic E-state index is 9.55. The van der Waals surface area contributed by atoms with Crippen molar-refractivity contribution >= 4 is 22.6 Å². The second-order valence-corrected chi connectivity index (χ2v) is 6.40. The van der Waals surface area contributed by atoms with Crippen LogP contribution in [0.3, 0.4) is 0 Å². The largest absolute Gasteiger partial charge is 0.420 e. The van der Waals surface area contributed by atoms with Crippen LogP contribution in [0, 0.1) is 14.9 Å². The number of ether oxygens (including phenoxy) is 1. The average molecular weight is 406 g/mol. The molecule has 1 aliphatic rings. The predicted octanol–water partition coefficient (Wildman–Crippen LogP) is 3.18. The number of hydrogen-bond acceptors (Lipinski definition) is 4. The van der Waals surface area contributed by atoms with Gasteiger partial charge >= 0.3 is 0 Å². The molecule has 0 saturated heterocycles. The van der Waals surface area contributed by atoms with Gasteiger partial charge in [-0.05, 0) is 46.7 Å². The SMILES string of the molecule is CCCc1[nH]nc2c1[C@H](c1cccc(I)c1)C(C#N)=C(N)O2. The van der Waals surface area contributed by atoms with Gasteiger partial charge in [-0.1, -0.05) is 25.5 Å². The van der Waals surface area contributed by atoms with Crippen LogP contribution in [0.15, 0.2) is 35.7 Å². The predicted molar refractivity (Wildman–Crippen MR) is 91.0 cm³/mol. The number of nitrogens with zero attached hydrogens (tertiary/aromatic N) is 2. The monoisotopic (exact) mass is 406 g/mol. The minimum absolute atomic E-state index is 0.133. The molecule has 1 aliphatic heterocycles. The van der Waals surface area contributed by atoms with Crippen LogP contribution < -0.4 is 10.5 Å². The summed E-state index contributed by atoms with van der Waals surface area (Å²) in [7, 11) is 0. The van der Waals surface area contributed by atoms with E-state index in [2.05, 4.69) is 51.8 Å². The Labute approximate surface area is 142 Å². The number of rotatable bonds is 3. The summed E-state index contributed by atoms with van der Waals surface area (Å²) in [6, 6.07) is 10.3. The molecule has 1 aromatic carbocycles. The van der Waals surface area contributed by atoms with Gasteiger partial charge in [0.05, 0.1) is 5.92 Å². The molecule has 3 N–H and O–H groups in total. The Balaban J connectivity index is 2.21. The zero-order valence-corrected chi connectivity index (χ0v) is 14.2. The number of nitrogens with one attached hydrogen (secondary N) is 1. The van der Waals surface area contributed by atoms with Crippen molar-refractivity contribution < 1.29 is 4.74 Å². The van der Waals surface area contributed by atoms with Crippen LogP contribution >= 0.6 is 22.6 Å². The molecular formula is C16H15IN4O. The third kappa shape index (κ3) is 2.46. The maximum absolute atomic E-state index is 9.55. The Kier molecular flexibility index (Phi) is 4.07. The van der Waals surface area contributed by atoms with Gasteiger partial charge in [-0.2, -0.15) is 5.26 Å². The molecule has 3 rings (SSSR count). The fourth-order valence-electron chi connectivity index (χ4n) is 2.77. The molecule has 6 heteroatoms. The molecule has 1 aromatic heterocycles. The Hall–Kier alpha value is -2.01. The molecule has 1 atom stereocenters. The van der Waals surface area contributed by atoms with E-state index >= 15 is 0 Å². The van der Waals surface area contributed by atoms with Gasteiger partial charge in [-0.3, -0.25) is 5.10 Å². The van der Waals surface area contributed by atoms with Gasteiger partial charge in [0.15, 0.2) is 0 Å². The van der Waals surface area contributed by atoms with Crippen molar-refractivity contribution in [1.82, 2.24) is 10.2 Å². The van der Waals surface area contributed by atoms with Gasteiger partial charge in [-0.15, -0.1) is 5.10 Å². The highest BCUT2D eigenvalue weighted by Crippen LogP contribution is 2.43. The molecule has 2 heterocycles. The molecule has 0 unspecified atom stereocenters. The van der Waals surface area contributed by atoms with Gasteiger partial charge in [0.1, 0.15) is 11.6 Å². The second-order valence-electron chi connectivity index (χ2n) is 5.15. The van der Waals surface area contributed by atoms with Crippen molar-refractivity contribution in [2.75, 3.05) is 0 Å². The Bertz CT molecular complexity index is 788. The third-order valence-corrected chi connectivity index (χ3v) is 4.37. The normalized spacial score (nSPS) is 16.9. The number of hydrogen-bond donors (Lipinski definition) is 2. The van der Waals surface area contributed by atoms with E-state index in [9.17, 15) is 5.26 Å². The average Bonchev–Trinajstić information content (AvgIpc) is 2.88. The van der Waals surface area contributed by atoms with Crippen LogP contribution in [0.25, 0.3) is 0 Å². The summed E-state index contributed by atoms with van der Waals surface area (Å²) in [6.07, 6.45) is 1.83. The van der Waals surface area contributed by atoms with Crippen molar-refractivity contribution in [3.8, 4) is 11.9 Å². The van der Waals surface area contributed by atoms with Crippen molar-refractivity contribution in [1.29, 1.82) is 5.26 Å². The molecule has 0 bridgehead atoms. The highest BCUT2D eigenvalue weighted by atomic mass is 127. The Morgan fingerprint density at radius 3 is 3.00 bits per heavy atom. The molecule has 0 radical (unpaired) electrons. The van der Waals surface area contributed by atoms with Crippen molar-refractivity contribution in [2.24, 2.45) is 5.73 Å². The van der Waals surface area contributed by atoms with Gasteiger partial charge in [0.25, 0.3) is 0 Å². The van der Waals surface area contributed by atoms with Crippen LogP contribution in [-0.4, -0.2) is 10.2 Å². The van der Waals surface area contributed by atoms with Gasteiger partial charge in [-0.25, -0.2) is 0 Å². The van der Waals surface area contributed by atoms with E-state index in [-0.39, 0.29) is 11.8 Å². The van der Waals surface area contributed by atoms with Gasteiger partial charge < -0.3 is 10.5 Å². The van der Waals surface area contributed by atoms with Crippen LogP contribution in [0.4, 0.5) is 0 Å². The molecule has 0 fully saturated rings. The summed E-state index contributed by atoms with van der Waals surface area (Å²) in [5, 5.41) is 16.8. The fraction of sp³-hybridized carbons (Fsp3) is 0.250. The highest BCUT2D eigenvalue weighted by Gasteiger charge is 2.34. The van der Waals surface area contributed by atoms with Gasteiger partial charge in [0.2, 0.25) is 11.8 Å². The molecule has 22 heavy (non-hydrogen) atoms. The summed E-state index contributed by atoms with van der Waals surface area (Å²) < 4.78 is 6.65. The van der Waals surface area contributed by atoms with Crippen LogP contribution in [0.2, 0.25) is 0 Å². The molecule has 0 saturated carbocycles.